The van der Waals surface area contributed by atoms with Gasteiger partial charge in [0.1, 0.15) is 5.78 Å². The highest BCUT2D eigenvalue weighted by molar-refractivity contribution is 5.82. The molecule has 0 unspecified atom stereocenters. The lowest BCUT2D eigenvalue weighted by Gasteiger charge is -2.47. The Morgan fingerprint density at radius 3 is 3.00 bits per heavy atom. The number of ether oxygens (including phenoxy) is 2. The van der Waals surface area contributed by atoms with Crippen molar-refractivity contribution >= 4 is 5.78 Å². The van der Waals surface area contributed by atoms with Gasteiger partial charge in [0.25, 0.3) is 0 Å². The summed E-state index contributed by atoms with van der Waals surface area (Å²) < 4.78 is 11.5. The molecule has 2 saturated heterocycles. The number of hydrogen-bond donors (Lipinski definition) is 0. The first kappa shape index (κ1) is 9.79. The summed E-state index contributed by atoms with van der Waals surface area (Å²) in [5, 5.41) is 0. The van der Waals surface area contributed by atoms with Gasteiger partial charge < -0.3 is 9.47 Å². The van der Waals surface area contributed by atoms with Gasteiger partial charge in [0.15, 0.2) is 5.79 Å². The summed E-state index contributed by atoms with van der Waals surface area (Å²) >= 11 is 0. The maximum atomic E-state index is 11.7. The number of fused-ring (bicyclic) bond motifs is 1. The molecule has 1 spiro atoms. The molecule has 3 aliphatic rings. The zero-order valence-electron chi connectivity index (χ0n) is 9.41. The van der Waals surface area contributed by atoms with Crippen LogP contribution in [0.1, 0.15) is 33.1 Å². The van der Waals surface area contributed by atoms with Crippen LogP contribution in [0.15, 0.2) is 0 Å². The summed E-state index contributed by atoms with van der Waals surface area (Å²) in [6, 6.07) is 0. The Balaban J connectivity index is 1.94. The van der Waals surface area contributed by atoms with Crippen molar-refractivity contribution in [2.45, 2.75) is 38.9 Å². The van der Waals surface area contributed by atoms with E-state index < -0.39 is 0 Å². The van der Waals surface area contributed by atoms with Gasteiger partial charge in [0.2, 0.25) is 0 Å². The molecule has 3 nitrogen and oxygen atoms in total. The summed E-state index contributed by atoms with van der Waals surface area (Å²) in [5.41, 5.74) is 0.236. The van der Waals surface area contributed by atoms with Crippen molar-refractivity contribution in [1.29, 1.82) is 0 Å². The van der Waals surface area contributed by atoms with Gasteiger partial charge in [-0.1, -0.05) is 6.92 Å². The first-order valence-electron chi connectivity index (χ1n) is 5.85. The van der Waals surface area contributed by atoms with E-state index in [1.165, 1.54) is 0 Å². The molecule has 1 saturated carbocycles. The van der Waals surface area contributed by atoms with E-state index >= 15 is 0 Å². The second-order valence-corrected chi connectivity index (χ2v) is 5.63. The minimum atomic E-state index is -0.364. The smallest absolute Gasteiger partial charge is 0.166 e. The van der Waals surface area contributed by atoms with Crippen molar-refractivity contribution in [2.24, 2.45) is 17.3 Å². The molecule has 84 valence electrons. The van der Waals surface area contributed by atoms with E-state index in [0.717, 1.165) is 25.9 Å². The van der Waals surface area contributed by atoms with E-state index in [2.05, 4.69) is 6.92 Å². The summed E-state index contributed by atoms with van der Waals surface area (Å²) in [6.45, 7) is 5.56. The average Bonchev–Trinajstić information content (AvgIpc) is 2.46. The highest BCUT2D eigenvalue weighted by Gasteiger charge is 2.59. The van der Waals surface area contributed by atoms with Crippen LogP contribution in [0.4, 0.5) is 0 Å². The third-order valence-electron chi connectivity index (χ3n) is 4.67. The second kappa shape index (κ2) is 2.83. The molecule has 3 heteroatoms. The third-order valence-corrected chi connectivity index (χ3v) is 4.67. The van der Waals surface area contributed by atoms with Crippen molar-refractivity contribution in [1.82, 2.24) is 0 Å². The molecule has 15 heavy (non-hydrogen) atoms. The zero-order chi connectivity index (χ0) is 10.7. The molecule has 0 aromatic heterocycles. The first-order chi connectivity index (χ1) is 7.05. The first-order valence-corrected chi connectivity index (χ1v) is 5.85. The Bertz CT molecular complexity index is 314. The van der Waals surface area contributed by atoms with Crippen LogP contribution in [0.25, 0.3) is 0 Å². The van der Waals surface area contributed by atoms with E-state index in [-0.39, 0.29) is 17.1 Å². The van der Waals surface area contributed by atoms with Gasteiger partial charge in [-0.2, -0.15) is 0 Å². The number of Topliss-reactive ketones (excluding diaryl/α,β-unsaturated/α-hetero) is 1. The quantitative estimate of drug-likeness (QED) is 0.611. The Morgan fingerprint density at radius 1 is 1.40 bits per heavy atom. The molecule has 0 aromatic carbocycles. The van der Waals surface area contributed by atoms with E-state index in [4.69, 9.17) is 9.47 Å². The Kier molecular flexibility index (Phi) is 1.85. The van der Waals surface area contributed by atoms with Gasteiger partial charge in [0, 0.05) is 24.2 Å². The zero-order valence-corrected chi connectivity index (χ0v) is 9.41. The van der Waals surface area contributed by atoms with Crippen LogP contribution >= 0.6 is 0 Å². The summed E-state index contributed by atoms with van der Waals surface area (Å²) in [6.07, 6.45) is 2.71. The molecule has 4 atom stereocenters. The Labute approximate surface area is 90.1 Å². The largest absolute Gasteiger partial charge is 0.350 e. The fourth-order valence-corrected chi connectivity index (χ4v) is 3.66. The summed E-state index contributed by atoms with van der Waals surface area (Å²) in [4.78, 5) is 11.7. The highest BCUT2D eigenvalue weighted by atomic mass is 16.7. The van der Waals surface area contributed by atoms with Crippen molar-refractivity contribution < 1.29 is 14.3 Å². The number of rotatable bonds is 0. The van der Waals surface area contributed by atoms with E-state index in [1.807, 2.05) is 6.92 Å². The fourth-order valence-electron chi connectivity index (χ4n) is 3.66. The van der Waals surface area contributed by atoms with Crippen molar-refractivity contribution in [2.75, 3.05) is 13.2 Å². The normalized spacial score (nSPS) is 54.1. The monoisotopic (exact) mass is 210 g/mol. The SMILES string of the molecule is C[C@@H]1C(=O)CC[C@]23CO[C@](C)(C2)OC[C@@H]13. The van der Waals surface area contributed by atoms with Gasteiger partial charge in [-0.3, -0.25) is 4.79 Å². The standard InChI is InChI=1S/C12H18O3/c1-8-9-5-14-11(2)6-12(9,7-15-11)4-3-10(8)13/h8-9H,3-7H2,1-2H3/t8-,9-,11+,12+/m0/s1. The number of carbonyl (C=O) groups excluding carboxylic acids is 1. The maximum absolute atomic E-state index is 11.7. The van der Waals surface area contributed by atoms with E-state index in [1.54, 1.807) is 0 Å². The second-order valence-electron chi connectivity index (χ2n) is 5.63. The molecule has 0 radical (unpaired) electrons. The Hall–Kier alpha value is -0.410. The van der Waals surface area contributed by atoms with Crippen LogP contribution in [-0.2, 0) is 14.3 Å². The van der Waals surface area contributed by atoms with Gasteiger partial charge >= 0.3 is 0 Å². The van der Waals surface area contributed by atoms with E-state index in [9.17, 15) is 4.79 Å². The van der Waals surface area contributed by atoms with Crippen LogP contribution in [0.5, 0.6) is 0 Å². The highest BCUT2D eigenvalue weighted by Crippen LogP contribution is 2.56. The lowest BCUT2D eigenvalue weighted by atomic mass is 9.60. The molecule has 0 N–H and O–H groups in total. The van der Waals surface area contributed by atoms with Crippen LogP contribution < -0.4 is 0 Å². The molecule has 2 aliphatic heterocycles. The molecule has 3 fully saturated rings. The lowest BCUT2D eigenvalue weighted by molar-refractivity contribution is -0.217. The van der Waals surface area contributed by atoms with Gasteiger partial charge in [-0.05, 0) is 19.3 Å². The Morgan fingerprint density at radius 2 is 2.20 bits per heavy atom. The lowest BCUT2D eigenvalue weighted by Crippen LogP contribution is -2.50. The molecule has 0 aromatic rings. The van der Waals surface area contributed by atoms with Crippen molar-refractivity contribution in [3.63, 3.8) is 0 Å². The maximum Gasteiger partial charge on any atom is 0.166 e. The fraction of sp³-hybridized carbons (Fsp3) is 0.917. The van der Waals surface area contributed by atoms with Crippen LogP contribution in [0.3, 0.4) is 0 Å². The van der Waals surface area contributed by atoms with Crippen LogP contribution in [0.2, 0.25) is 0 Å². The molecule has 2 heterocycles. The topological polar surface area (TPSA) is 35.5 Å². The van der Waals surface area contributed by atoms with Gasteiger partial charge in [-0.25, -0.2) is 0 Å². The molecule has 2 bridgehead atoms. The predicted octanol–water partition coefficient (Wildman–Crippen LogP) is 1.75. The molecule has 1 aliphatic carbocycles. The van der Waals surface area contributed by atoms with Gasteiger partial charge in [0.05, 0.1) is 13.2 Å². The molecule has 0 amide bonds. The van der Waals surface area contributed by atoms with Crippen molar-refractivity contribution in [3.8, 4) is 0 Å². The minimum Gasteiger partial charge on any atom is -0.350 e. The summed E-state index contributed by atoms with van der Waals surface area (Å²) in [7, 11) is 0. The number of carbonyl (C=O) groups is 1. The van der Waals surface area contributed by atoms with Crippen LogP contribution in [0, 0.1) is 17.3 Å². The predicted molar refractivity (Wildman–Crippen MR) is 54.3 cm³/mol. The molecule has 3 rings (SSSR count). The van der Waals surface area contributed by atoms with Crippen LogP contribution in [-0.4, -0.2) is 24.8 Å². The van der Waals surface area contributed by atoms with Gasteiger partial charge in [-0.15, -0.1) is 0 Å². The molecular formula is C12H18O3. The van der Waals surface area contributed by atoms with Crippen molar-refractivity contribution in [3.05, 3.63) is 0 Å². The average molecular weight is 210 g/mol. The molecular weight excluding hydrogens is 192 g/mol. The third kappa shape index (κ3) is 1.23. The minimum absolute atomic E-state index is 0.157. The summed E-state index contributed by atoms with van der Waals surface area (Å²) in [5.74, 6) is 0.584. The number of hydrogen-bond acceptors (Lipinski definition) is 3. The number of ketones is 1. The van der Waals surface area contributed by atoms with E-state index in [0.29, 0.717) is 18.3 Å².